The minimum absolute atomic E-state index is 0.0141. The van der Waals surface area contributed by atoms with E-state index in [2.05, 4.69) is 20.4 Å². The van der Waals surface area contributed by atoms with Crippen LogP contribution in [0.1, 0.15) is 23.4 Å². The third-order valence-electron chi connectivity index (χ3n) is 4.55. The molecule has 1 saturated heterocycles. The zero-order chi connectivity index (χ0) is 18.5. The molecule has 0 spiro atoms. The molecule has 1 fully saturated rings. The molecule has 0 unspecified atom stereocenters. The first-order valence-corrected chi connectivity index (χ1v) is 8.74. The lowest BCUT2D eigenvalue weighted by Gasteiger charge is -2.33. The Kier molecular flexibility index (Phi) is 5.89. The number of nitrogens with zero attached hydrogens (tertiary/aromatic N) is 5. The molecule has 0 aromatic carbocycles. The van der Waals surface area contributed by atoms with Gasteiger partial charge in [0.2, 0.25) is 0 Å². The number of furan rings is 1. The second-order valence-corrected chi connectivity index (χ2v) is 6.51. The van der Waals surface area contributed by atoms with Crippen LogP contribution in [0.2, 0.25) is 0 Å². The first-order chi connectivity index (χ1) is 12.5. The summed E-state index contributed by atoms with van der Waals surface area (Å²) in [5, 5.41) is 10.9. The van der Waals surface area contributed by atoms with Gasteiger partial charge in [-0.2, -0.15) is 0 Å². The molecule has 0 radical (unpaired) electrons. The molecule has 9 nitrogen and oxygen atoms in total. The summed E-state index contributed by atoms with van der Waals surface area (Å²) in [6.45, 7) is 5.79. The van der Waals surface area contributed by atoms with E-state index in [0.717, 1.165) is 30.4 Å². The molecule has 1 atom stereocenters. The lowest BCUT2D eigenvalue weighted by Crippen LogP contribution is -2.46. The van der Waals surface area contributed by atoms with E-state index in [-0.39, 0.29) is 12.1 Å². The van der Waals surface area contributed by atoms with E-state index in [0.29, 0.717) is 26.3 Å². The van der Waals surface area contributed by atoms with Gasteiger partial charge < -0.3 is 23.9 Å². The number of ether oxygens (including phenoxy) is 1. The average molecular weight is 362 g/mol. The molecule has 3 heterocycles. The Bertz CT molecular complexity index is 722. The van der Waals surface area contributed by atoms with Gasteiger partial charge in [-0.3, -0.25) is 4.90 Å². The van der Waals surface area contributed by atoms with Crippen molar-refractivity contribution in [3.05, 3.63) is 35.8 Å². The highest BCUT2D eigenvalue weighted by Crippen LogP contribution is 2.23. The maximum atomic E-state index is 12.5. The normalized spacial score (nSPS) is 16.4. The largest absolute Gasteiger partial charge is 0.465 e. The molecule has 1 aliphatic heterocycles. The molecule has 1 aliphatic rings. The number of aryl methyl sites for hydroxylation is 2. The molecule has 26 heavy (non-hydrogen) atoms. The van der Waals surface area contributed by atoms with Crippen molar-refractivity contribution < 1.29 is 13.9 Å². The van der Waals surface area contributed by atoms with Crippen molar-refractivity contribution in [3.8, 4) is 0 Å². The van der Waals surface area contributed by atoms with Crippen LogP contribution in [0.4, 0.5) is 4.79 Å². The molecule has 2 aromatic rings. The number of morpholine rings is 1. The van der Waals surface area contributed by atoms with Gasteiger partial charge in [0.05, 0.1) is 25.8 Å². The quantitative estimate of drug-likeness (QED) is 0.822. The molecule has 3 rings (SSSR count). The fourth-order valence-corrected chi connectivity index (χ4v) is 2.98. The number of nitrogens with one attached hydrogen (secondary N) is 1. The Balaban J connectivity index is 1.61. The Morgan fingerprint density at radius 3 is 2.77 bits per heavy atom. The first-order valence-electron chi connectivity index (χ1n) is 8.74. The summed E-state index contributed by atoms with van der Waals surface area (Å²) < 4.78 is 13.1. The smallest absolute Gasteiger partial charge is 0.317 e. The highest BCUT2D eigenvalue weighted by Gasteiger charge is 2.26. The fraction of sp³-hybridized carbons (Fsp3) is 0.588. The van der Waals surface area contributed by atoms with Crippen molar-refractivity contribution in [2.75, 3.05) is 39.9 Å². The van der Waals surface area contributed by atoms with Gasteiger partial charge in [0.1, 0.15) is 17.8 Å². The highest BCUT2D eigenvalue weighted by atomic mass is 16.5. The van der Waals surface area contributed by atoms with Gasteiger partial charge in [-0.15, -0.1) is 10.2 Å². The third-order valence-corrected chi connectivity index (χ3v) is 4.55. The lowest BCUT2D eigenvalue weighted by atomic mass is 10.1. The Morgan fingerprint density at radius 1 is 1.38 bits per heavy atom. The van der Waals surface area contributed by atoms with Gasteiger partial charge in [0.25, 0.3) is 0 Å². The molecule has 2 aromatic heterocycles. The molecule has 0 aliphatic carbocycles. The van der Waals surface area contributed by atoms with E-state index in [1.807, 2.05) is 26.1 Å². The van der Waals surface area contributed by atoms with Gasteiger partial charge >= 0.3 is 6.03 Å². The fourth-order valence-electron chi connectivity index (χ4n) is 2.98. The van der Waals surface area contributed by atoms with Gasteiger partial charge in [0, 0.05) is 33.7 Å². The van der Waals surface area contributed by atoms with E-state index >= 15 is 0 Å². The SMILES string of the molecule is Cc1ccc([C@H](CNC(=O)N(C)Cc2nncn2C)N2CCOCC2)o1. The van der Waals surface area contributed by atoms with E-state index < -0.39 is 0 Å². The molecule has 2 amide bonds. The summed E-state index contributed by atoms with van der Waals surface area (Å²) in [5.41, 5.74) is 0. The van der Waals surface area contributed by atoms with Gasteiger partial charge in [-0.25, -0.2) is 4.79 Å². The third kappa shape index (κ3) is 4.41. The Hall–Kier alpha value is -2.39. The molecule has 0 saturated carbocycles. The van der Waals surface area contributed by atoms with Crippen molar-refractivity contribution in [2.45, 2.75) is 19.5 Å². The minimum Gasteiger partial charge on any atom is -0.465 e. The molecule has 9 heteroatoms. The number of rotatable bonds is 6. The van der Waals surface area contributed by atoms with Crippen LogP contribution in [-0.2, 0) is 18.3 Å². The van der Waals surface area contributed by atoms with Crippen molar-refractivity contribution >= 4 is 6.03 Å². The molecular formula is C17H26N6O3. The lowest BCUT2D eigenvalue weighted by molar-refractivity contribution is 0.0119. The number of urea groups is 1. The van der Waals surface area contributed by atoms with Crippen molar-refractivity contribution in [3.63, 3.8) is 0 Å². The number of carbonyl (C=O) groups is 1. The summed E-state index contributed by atoms with van der Waals surface area (Å²) in [6.07, 6.45) is 1.62. The van der Waals surface area contributed by atoms with Gasteiger partial charge in [-0.05, 0) is 19.1 Å². The summed E-state index contributed by atoms with van der Waals surface area (Å²) in [6, 6.07) is 3.75. The zero-order valence-electron chi connectivity index (χ0n) is 15.5. The van der Waals surface area contributed by atoms with Crippen LogP contribution >= 0.6 is 0 Å². The standard InChI is InChI=1S/C17H26N6O3/c1-13-4-5-15(26-13)14(23-6-8-25-9-7-23)10-18-17(24)21(2)11-16-20-19-12-22(16)3/h4-5,12,14H,6-11H2,1-3H3,(H,18,24)/t14-/m0/s1. The second kappa shape index (κ2) is 8.33. The molecule has 142 valence electrons. The predicted molar refractivity (Wildman–Crippen MR) is 94.4 cm³/mol. The molecular weight excluding hydrogens is 336 g/mol. The van der Waals surface area contributed by atoms with Crippen LogP contribution in [-0.4, -0.2) is 70.5 Å². The number of hydrogen-bond acceptors (Lipinski definition) is 6. The summed E-state index contributed by atoms with van der Waals surface area (Å²) in [7, 11) is 3.60. The Labute approximate surface area is 152 Å². The topological polar surface area (TPSA) is 88.7 Å². The van der Waals surface area contributed by atoms with Crippen LogP contribution in [0.15, 0.2) is 22.9 Å². The summed E-state index contributed by atoms with van der Waals surface area (Å²) in [4.78, 5) is 16.4. The molecule has 0 bridgehead atoms. The van der Waals surface area contributed by atoms with Gasteiger partial charge in [0.15, 0.2) is 5.82 Å². The minimum atomic E-state index is -0.158. The first kappa shape index (κ1) is 18.4. The maximum Gasteiger partial charge on any atom is 0.317 e. The van der Waals surface area contributed by atoms with Crippen molar-refractivity contribution in [2.24, 2.45) is 7.05 Å². The van der Waals surface area contributed by atoms with Crippen LogP contribution in [0.25, 0.3) is 0 Å². The number of hydrogen-bond donors (Lipinski definition) is 1. The number of carbonyl (C=O) groups excluding carboxylic acids is 1. The van der Waals surface area contributed by atoms with Crippen molar-refractivity contribution in [1.82, 2.24) is 29.9 Å². The van der Waals surface area contributed by atoms with Crippen LogP contribution in [0.3, 0.4) is 0 Å². The molecule has 1 N–H and O–H groups in total. The summed E-state index contributed by atoms with van der Waals surface area (Å²) >= 11 is 0. The number of aromatic nitrogens is 3. The predicted octanol–water partition coefficient (Wildman–Crippen LogP) is 0.931. The maximum absolute atomic E-state index is 12.5. The Morgan fingerprint density at radius 2 is 2.15 bits per heavy atom. The average Bonchev–Trinajstić information content (AvgIpc) is 3.24. The van der Waals surface area contributed by atoms with Gasteiger partial charge in [-0.1, -0.05) is 0 Å². The second-order valence-electron chi connectivity index (χ2n) is 6.51. The monoisotopic (exact) mass is 362 g/mol. The van der Waals surface area contributed by atoms with E-state index in [9.17, 15) is 4.79 Å². The van der Waals surface area contributed by atoms with Crippen molar-refractivity contribution in [1.29, 1.82) is 0 Å². The number of amides is 2. The van der Waals surface area contributed by atoms with E-state index in [1.54, 1.807) is 22.8 Å². The van der Waals surface area contributed by atoms with Crippen LogP contribution in [0, 0.1) is 6.92 Å². The summed E-state index contributed by atoms with van der Waals surface area (Å²) in [5.74, 6) is 2.46. The highest BCUT2D eigenvalue weighted by molar-refractivity contribution is 5.73. The van der Waals surface area contributed by atoms with Crippen LogP contribution in [0.5, 0.6) is 0 Å². The van der Waals surface area contributed by atoms with Crippen LogP contribution < -0.4 is 5.32 Å². The van der Waals surface area contributed by atoms with E-state index in [1.165, 1.54) is 0 Å². The zero-order valence-corrected chi connectivity index (χ0v) is 15.5. The van der Waals surface area contributed by atoms with E-state index in [4.69, 9.17) is 9.15 Å².